The summed E-state index contributed by atoms with van der Waals surface area (Å²) in [6.45, 7) is 3.89. The smallest absolute Gasteiger partial charge is 0.122 e. The molecule has 1 unspecified atom stereocenters. The maximum Gasteiger partial charge on any atom is 0.122 e. The lowest BCUT2D eigenvalue weighted by Gasteiger charge is -2.11. The van der Waals surface area contributed by atoms with Gasteiger partial charge in [-0.25, -0.2) is 0 Å². The quantitative estimate of drug-likeness (QED) is 0.907. The number of benzene rings is 1. The van der Waals surface area contributed by atoms with Crippen LogP contribution in [0, 0.1) is 0 Å². The van der Waals surface area contributed by atoms with Gasteiger partial charge in [0.15, 0.2) is 0 Å². The maximum absolute atomic E-state index is 5.89. The number of rotatable bonds is 5. The molecule has 3 rings (SSSR count). The molecule has 2 heterocycles. The van der Waals surface area contributed by atoms with Gasteiger partial charge in [0.25, 0.3) is 0 Å². The topological polar surface area (TPSA) is 40.2 Å². The van der Waals surface area contributed by atoms with Crippen LogP contribution < -0.4 is 10.5 Å². The van der Waals surface area contributed by atoms with E-state index in [-0.39, 0.29) is 6.04 Å². The van der Waals surface area contributed by atoms with Crippen LogP contribution in [-0.2, 0) is 25.8 Å². The Morgan fingerprint density at radius 3 is 3.10 bits per heavy atom. The summed E-state index contributed by atoms with van der Waals surface area (Å²) in [5.74, 6) is 1.06. The predicted octanol–water partition coefficient (Wildman–Crippen LogP) is 2.56. The molecule has 0 aliphatic carbocycles. The summed E-state index contributed by atoms with van der Waals surface area (Å²) >= 11 is 0. The van der Waals surface area contributed by atoms with Crippen LogP contribution >= 0.6 is 0 Å². The van der Waals surface area contributed by atoms with Gasteiger partial charge in [0.2, 0.25) is 0 Å². The lowest BCUT2D eigenvalue weighted by Crippen LogP contribution is -2.20. The highest BCUT2D eigenvalue weighted by molar-refractivity contribution is 5.39. The van der Waals surface area contributed by atoms with Crippen molar-refractivity contribution in [2.24, 2.45) is 5.73 Å². The first-order valence-corrected chi connectivity index (χ1v) is 7.36. The van der Waals surface area contributed by atoms with Crippen LogP contribution in [0.1, 0.15) is 23.7 Å². The van der Waals surface area contributed by atoms with Crippen LogP contribution in [-0.4, -0.2) is 17.2 Å². The largest absolute Gasteiger partial charge is 0.493 e. The second-order valence-corrected chi connectivity index (χ2v) is 5.66. The summed E-state index contributed by atoms with van der Waals surface area (Å²) in [4.78, 5) is 0. The molecule has 0 spiro atoms. The average Bonchev–Trinajstić information content (AvgIpc) is 3.03. The minimum Gasteiger partial charge on any atom is -0.493 e. The second-order valence-electron chi connectivity index (χ2n) is 5.66. The summed E-state index contributed by atoms with van der Waals surface area (Å²) < 4.78 is 7.86. The molecule has 2 N–H and O–H groups in total. The molecule has 2 aromatic rings. The zero-order chi connectivity index (χ0) is 13.9. The molecule has 1 aliphatic rings. The number of hydrogen-bond acceptors (Lipinski definition) is 2. The van der Waals surface area contributed by atoms with Gasteiger partial charge >= 0.3 is 0 Å². The third kappa shape index (κ3) is 2.88. The Kier molecular flexibility index (Phi) is 3.79. The molecule has 20 heavy (non-hydrogen) atoms. The van der Waals surface area contributed by atoms with E-state index < -0.39 is 0 Å². The van der Waals surface area contributed by atoms with Crippen molar-refractivity contribution in [3.05, 3.63) is 53.3 Å². The van der Waals surface area contributed by atoms with E-state index in [1.54, 1.807) is 0 Å². The van der Waals surface area contributed by atoms with Gasteiger partial charge in [0, 0.05) is 37.3 Å². The molecule has 3 nitrogen and oxygen atoms in total. The highest BCUT2D eigenvalue weighted by Gasteiger charge is 2.12. The Morgan fingerprint density at radius 2 is 2.25 bits per heavy atom. The van der Waals surface area contributed by atoms with Gasteiger partial charge < -0.3 is 15.0 Å². The molecular weight excluding hydrogens is 248 g/mol. The Labute approximate surface area is 120 Å². The predicted molar refractivity (Wildman–Crippen MR) is 81.1 cm³/mol. The number of nitrogens with zero attached hydrogens (tertiary/aromatic N) is 1. The van der Waals surface area contributed by atoms with E-state index in [9.17, 15) is 0 Å². The first-order chi connectivity index (χ1) is 9.72. The van der Waals surface area contributed by atoms with Gasteiger partial charge in [-0.05, 0) is 42.7 Å². The van der Waals surface area contributed by atoms with Crippen molar-refractivity contribution in [1.29, 1.82) is 0 Å². The minimum absolute atomic E-state index is 0.209. The number of fused-ring (bicyclic) bond motifs is 1. The van der Waals surface area contributed by atoms with E-state index in [1.807, 2.05) is 0 Å². The summed E-state index contributed by atoms with van der Waals surface area (Å²) in [7, 11) is 0. The zero-order valence-corrected chi connectivity index (χ0v) is 12.0. The standard InChI is InChI=1S/C17H22N2O/c1-13(18)11-16-3-2-8-19(16)9-6-14-4-5-17-15(12-14)7-10-20-17/h2-5,8,12-13H,6-7,9-11,18H2,1H3. The van der Waals surface area contributed by atoms with E-state index in [4.69, 9.17) is 10.5 Å². The average molecular weight is 270 g/mol. The number of aromatic nitrogens is 1. The van der Waals surface area contributed by atoms with Crippen molar-refractivity contribution in [1.82, 2.24) is 4.57 Å². The Bertz CT molecular complexity index is 586. The van der Waals surface area contributed by atoms with Crippen molar-refractivity contribution >= 4 is 0 Å². The molecule has 1 aromatic carbocycles. The summed E-state index contributed by atoms with van der Waals surface area (Å²) in [6, 6.07) is 11.1. The van der Waals surface area contributed by atoms with Crippen LogP contribution in [0.4, 0.5) is 0 Å². The van der Waals surface area contributed by atoms with Crippen molar-refractivity contribution in [3.63, 3.8) is 0 Å². The second kappa shape index (κ2) is 5.71. The molecule has 0 saturated heterocycles. The Balaban J connectivity index is 1.66. The number of hydrogen-bond donors (Lipinski definition) is 1. The van der Waals surface area contributed by atoms with Gasteiger partial charge in [-0.1, -0.05) is 12.1 Å². The number of aryl methyl sites for hydroxylation is 2. The fourth-order valence-electron chi connectivity index (χ4n) is 2.83. The molecule has 106 valence electrons. The van der Waals surface area contributed by atoms with Crippen LogP contribution in [0.15, 0.2) is 36.5 Å². The van der Waals surface area contributed by atoms with Crippen LogP contribution in [0.3, 0.4) is 0 Å². The highest BCUT2D eigenvalue weighted by Crippen LogP contribution is 2.26. The van der Waals surface area contributed by atoms with Crippen molar-refractivity contribution in [3.8, 4) is 5.75 Å². The molecule has 1 aromatic heterocycles. The number of ether oxygens (including phenoxy) is 1. The molecule has 0 radical (unpaired) electrons. The zero-order valence-electron chi connectivity index (χ0n) is 12.0. The minimum atomic E-state index is 0.209. The summed E-state index contributed by atoms with van der Waals surface area (Å²) in [5.41, 5.74) is 9.95. The lowest BCUT2D eigenvalue weighted by atomic mass is 10.1. The summed E-state index contributed by atoms with van der Waals surface area (Å²) in [6.07, 6.45) is 5.18. The third-order valence-electron chi connectivity index (χ3n) is 3.85. The fourth-order valence-corrected chi connectivity index (χ4v) is 2.83. The van der Waals surface area contributed by atoms with E-state index in [2.05, 4.69) is 48.0 Å². The van der Waals surface area contributed by atoms with Gasteiger partial charge in [0.05, 0.1) is 6.61 Å². The molecular formula is C17H22N2O. The van der Waals surface area contributed by atoms with Crippen LogP contribution in [0.2, 0.25) is 0 Å². The van der Waals surface area contributed by atoms with Crippen molar-refractivity contribution < 1.29 is 4.74 Å². The SMILES string of the molecule is CC(N)Cc1cccn1CCc1ccc2c(c1)CCO2. The normalized spacial score (nSPS) is 14.9. The van der Waals surface area contributed by atoms with Crippen LogP contribution in [0.5, 0.6) is 5.75 Å². The van der Waals surface area contributed by atoms with Gasteiger partial charge in [0.1, 0.15) is 5.75 Å². The van der Waals surface area contributed by atoms with E-state index in [0.29, 0.717) is 0 Å². The molecule has 0 amide bonds. The summed E-state index contributed by atoms with van der Waals surface area (Å²) in [5, 5.41) is 0. The monoisotopic (exact) mass is 270 g/mol. The van der Waals surface area contributed by atoms with Crippen LogP contribution in [0.25, 0.3) is 0 Å². The van der Waals surface area contributed by atoms with E-state index in [0.717, 1.165) is 38.2 Å². The lowest BCUT2D eigenvalue weighted by molar-refractivity contribution is 0.357. The van der Waals surface area contributed by atoms with E-state index in [1.165, 1.54) is 16.8 Å². The first-order valence-electron chi connectivity index (χ1n) is 7.36. The molecule has 0 fully saturated rings. The van der Waals surface area contributed by atoms with Gasteiger partial charge in [-0.15, -0.1) is 0 Å². The Hall–Kier alpha value is -1.74. The van der Waals surface area contributed by atoms with Crippen molar-refractivity contribution in [2.75, 3.05) is 6.61 Å². The Morgan fingerprint density at radius 1 is 1.35 bits per heavy atom. The number of nitrogens with two attached hydrogens (primary N) is 1. The molecule has 1 aliphatic heterocycles. The maximum atomic E-state index is 5.89. The molecule has 0 saturated carbocycles. The fraction of sp³-hybridized carbons (Fsp3) is 0.412. The van der Waals surface area contributed by atoms with E-state index >= 15 is 0 Å². The van der Waals surface area contributed by atoms with Gasteiger partial charge in [-0.3, -0.25) is 0 Å². The van der Waals surface area contributed by atoms with Gasteiger partial charge in [-0.2, -0.15) is 0 Å². The highest BCUT2D eigenvalue weighted by atomic mass is 16.5. The first kappa shape index (κ1) is 13.3. The molecule has 0 bridgehead atoms. The third-order valence-corrected chi connectivity index (χ3v) is 3.85. The van der Waals surface area contributed by atoms with Crippen molar-refractivity contribution in [2.45, 2.75) is 38.8 Å². The molecule has 3 heteroatoms. The molecule has 1 atom stereocenters.